The van der Waals surface area contributed by atoms with Crippen molar-refractivity contribution in [2.75, 3.05) is 14.2 Å². The van der Waals surface area contributed by atoms with Gasteiger partial charge in [-0.25, -0.2) is 9.64 Å². The zero-order valence-corrected chi connectivity index (χ0v) is 10.9. The van der Waals surface area contributed by atoms with Crippen molar-refractivity contribution >= 4 is 34.5 Å². The van der Waals surface area contributed by atoms with Crippen LogP contribution in [0, 0.1) is 17.9 Å². The number of carbonyl (C=O) groups excluding carboxylic acids is 2. The monoisotopic (exact) mass is 276 g/mol. The highest BCUT2D eigenvalue weighted by Crippen LogP contribution is 2.01. The molecule has 1 rings (SSSR count). The van der Waals surface area contributed by atoms with Crippen LogP contribution < -0.4 is 9.06 Å². The smallest absolute Gasteiger partial charge is 0.350 e. The fourth-order valence-electron chi connectivity index (χ4n) is 1.20. The minimum Gasteiger partial charge on any atom is -0.474 e. The van der Waals surface area contributed by atoms with E-state index in [0.29, 0.717) is 9.06 Å². The van der Waals surface area contributed by atoms with Crippen molar-refractivity contribution in [3.05, 3.63) is 32.6 Å². The molecule has 96 valence electrons. The molecule has 0 saturated heterocycles. The van der Waals surface area contributed by atoms with Crippen LogP contribution in [0.4, 0.5) is 0 Å². The molecule has 1 aromatic heterocycles. The van der Waals surface area contributed by atoms with Gasteiger partial charge in [0.25, 0.3) is 5.70 Å². The van der Waals surface area contributed by atoms with Crippen LogP contribution in [0.15, 0.2) is 12.1 Å². The third-order valence-electron chi connectivity index (χ3n) is 2.08. The molecule has 0 saturated carbocycles. The van der Waals surface area contributed by atoms with Gasteiger partial charge in [0.1, 0.15) is 6.07 Å². The normalized spacial score (nSPS) is 12.6. The first kappa shape index (κ1) is 14.4. The van der Waals surface area contributed by atoms with Gasteiger partial charge in [0.05, 0.1) is 25.3 Å². The summed E-state index contributed by atoms with van der Waals surface area (Å²) in [4.78, 5) is 25.8. The van der Waals surface area contributed by atoms with Crippen molar-refractivity contribution in [3.63, 3.8) is 0 Å². The van der Waals surface area contributed by atoms with Crippen molar-refractivity contribution < 1.29 is 19.1 Å². The zero-order chi connectivity index (χ0) is 14.4. The summed E-state index contributed by atoms with van der Waals surface area (Å²) < 4.78 is 9.60. The van der Waals surface area contributed by atoms with Crippen LogP contribution in [0.5, 0.6) is 0 Å². The Bertz CT molecular complexity index is 658. The molecule has 0 amide bonds. The Hall–Kier alpha value is -2.64. The van der Waals surface area contributed by atoms with Gasteiger partial charge in [0.15, 0.2) is 5.57 Å². The van der Waals surface area contributed by atoms with Crippen molar-refractivity contribution in [1.82, 2.24) is 0 Å². The second-order valence-electron chi connectivity index (χ2n) is 3.09. The average Bonchev–Trinajstić information content (AvgIpc) is 2.89. The third kappa shape index (κ3) is 2.97. The van der Waals surface area contributed by atoms with Gasteiger partial charge in [-0.3, -0.25) is 4.79 Å². The van der Waals surface area contributed by atoms with Crippen LogP contribution in [0.2, 0.25) is 0 Å². The van der Waals surface area contributed by atoms with Gasteiger partial charge in [-0.1, -0.05) is 6.07 Å². The lowest BCUT2D eigenvalue weighted by atomic mass is 10.3. The predicted octanol–water partition coefficient (Wildman–Crippen LogP) is -0.204. The molecule has 7 heteroatoms. The SMILES string of the molecule is [C-]#[N+]/C(C(=O)OC)=c1/cc/c(=C(/C#N)C(=O)OC)s1. The van der Waals surface area contributed by atoms with E-state index in [2.05, 4.69) is 14.3 Å². The molecule has 19 heavy (non-hydrogen) atoms. The molecule has 0 aliphatic carbocycles. The Morgan fingerprint density at radius 3 is 2.32 bits per heavy atom. The van der Waals surface area contributed by atoms with Crippen LogP contribution in [0.1, 0.15) is 0 Å². The van der Waals surface area contributed by atoms with E-state index in [4.69, 9.17) is 11.8 Å². The van der Waals surface area contributed by atoms with Gasteiger partial charge in [0, 0.05) is 4.53 Å². The molecule has 0 unspecified atom stereocenters. The lowest BCUT2D eigenvalue weighted by Gasteiger charge is -1.93. The lowest BCUT2D eigenvalue weighted by Crippen LogP contribution is -2.12. The van der Waals surface area contributed by atoms with E-state index in [0.717, 1.165) is 11.3 Å². The molecular formula is C12H8N2O4S. The number of nitrogens with zero attached hydrogens (tertiary/aromatic N) is 2. The zero-order valence-electron chi connectivity index (χ0n) is 10.1. The summed E-state index contributed by atoms with van der Waals surface area (Å²) in [5.41, 5.74) is -0.367. The largest absolute Gasteiger partial charge is 0.474 e. The Morgan fingerprint density at radius 2 is 1.84 bits per heavy atom. The molecule has 0 atom stereocenters. The molecule has 0 aliphatic rings. The highest BCUT2D eigenvalue weighted by atomic mass is 32.1. The highest BCUT2D eigenvalue weighted by molar-refractivity contribution is 7.08. The average molecular weight is 276 g/mol. The number of rotatable bonds is 2. The van der Waals surface area contributed by atoms with Gasteiger partial charge < -0.3 is 9.47 Å². The number of carbonyl (C=O) groups is 2. The highest BCUT2D eigenvalue weighted by Gasteiger charge is 2.14. The Morgan fingerprint density at radius 1 is 1.26 bits per heavy atom. The van der Waals surface area contributed by atoms with Crippen molar-refractivity contribution in [1.29, 1.82) is 5.26 Å². The van der Waals surface area contributed by atoms with Gasteiger partial charge in [-0.05, 0) is 6.07 Å². The summed E-state index contributed by atoms with van der Waals surface area (Å²) in [6.07, 6.45) is 0. The Labute approximate surface area is 112 Å². The third-order valence-corrected chi connectivity index (χ3v) is 3.19. The topological polar surface area (TPSA) is 80.8 Å². The lowest BCUT2D eigenvalue weighted by molar-refractivity contribution is -0.134. The maximum atomic E-state index is 11.4. The van der Waals surface area contributed by atoms with E-state index in [9.17, 15) is 9.59 Å². The summed E-state index contributed by atoms with van der Waals surface area (Å²) in [6, 6.07) is 4.68. The van der Waals surface area contributed by atoms with Crippen LogP contribution in [0.3, 0.4) is 0 Å². The number of ether oxygens (including phenoxy) is 2. The number of hydrogen-bond acceptors (Lipinski definition) is 6. The number of hydrogen-bond donors (Lipinski definition) is 0. The molecule has 0 bridgehead atoms. The molecule has 6 nitrogen and oxygen atoms in total. The number of esters is 2. The minimum absolute atomic E-state index is 0.173. The van der Waals surface area contributed by atoms with E-state index in [1.54, 1.807) is 6.07 Å². The van der Waals surface area contributed by atoms with Gasteiger partial charge in [-0.15, -0.1) is 11.3 Å². The van der Waals surface area contributed by atoms with Crippen molar-refractivity contribution in [3.8, 4) is 6.07 Å². The van der Waals surface area contributed by atoms with Crippen molar-refractivity contribution in [2.45, 2.75) is 0 Å². The summed E-state index contributed by atoms with van der Waals surface area (Å²) in [5.74, 6) is -1.53. The van der Waals surface area contributed by atoms with Crippen molar-refractivity contribution in [2.24, 2.45) is 0 Å². The maximum absolute atomic E-state index is 11.4. The van der Waals surface area contributed by atoms with Gasteiger partial charge in [0.2, 0.25) is 0 Å². The summed E-state index contributed by atoms with van der Waals surface area (Å²) in [7, 11) is 2.34. The van der Waals surface area contributed by atoms with Crippen LogP contribution >= 0.6 is 11.3 Å². The van der Waals surface area contributed by atoms with Crippen LogP contribution in [-0.2, 0) is 19.1 Å². The fraction of sp³-hybridized carbons (Fsp3) is 0.167. The maximum Gasteiger partial charge on any atom is 0.350 e. The molecule has 0 spiro atoms. The Balaban J connectivity index is 3.59. The van der Waals surface area contributed by atoms with Gasteiger partial charge in [-0.2, -0.15) is 5.26 Å². The first-order chi connectivity index (χ1) is 9.08. The minimum atomic E-state index is -0.765. The molecule has 0 fully saturated rings. The molecular weight excluding hydrogens is 268 g/mol. The van der Waals surface area contributed by atoms with E-state index < -0.39 is 11.9 Å². The first-order valence-electron chi connectivity index (χ1n) is 4.87. The van der Waals surface area contributed by atoms with Crippen LogP contribution in [0.25, 0.3) is 16.1 Å². The van der Waals surface area contributed by atoms with Crippen LogP contribution in [-0.4, -0.2) is 26.2 Å². The molecule has 0 N–H and O–H groups in total. The predicted molar refractivity (Wildman–Crippen MR) is 66.6 cm³/mol. The molecule has 0 aliphatic heterocycles. The molecule has 0 radical (unpaired) electrons. The molecule has 0 aromatic carbocycles. The first-order valence-corrected chi connectivity index (χ1v) is 5.69. The van der Waals surface area contributed by atoms with E-state index in [1.807, 2.05) is 0 Å². The van der Waals surface area contributed by atoms with E-state index >= 15 is 0 Å². The van der Waals surface area contributed by atoms with E-state index in [1.165, 1.54) is 26.4 Å². The molecule has 1 aromatic rings. The fourth-order valence-corrected chi connectivity index (χ4v) is 2.17. The summed E-state index contributed by atoms with van der Waals surface area (Å²) in [5, 5.41) is 8.90. The quantitative estimate of drug-likeness (QED) is 0.552. The Kier molecular flexibility index (Phi) is 4.81. The van der Waals surface area contributed by atoms with E-state index in [-0.39, 0.29) is 11.3 Å². The molecule has 1 heterocycles. The second-order valence-corrected chi connectivity index (χ2v) is 4.18. The summed E-state index contributed by atoms with van der Waals surface area (Å²) >= 11 is 0.974. The van der Waals surface area contributed by atoms with Gasteiger partial charge >= 0.3 is 11.9 Å². The second kappa shape index (κ2) is 6.34. The standard InChI is InChI=1S/C12H8N2O4S/c1-14-10(12(16)18-3)9-5-4-8(19-9)7(6-13)11(15)17-2/h4-5H,2-3H3/b8-7+,10-9-. The number of thiophene rings is 1. The summed E-state index contributed by atoms with van der Waals surface area (Å²) in [6.45, 7) is 6.94. The number of methoxy groups -OCH3 is 2. The number of nitriles is 1.